The second-order valence-electron chi connectivity index (χ2n) is 0.760. The molecule has 0 rings (SSSR count). The molecular weight excluding hydrogens is 153 g/mol. The number of hydrogen-bond donors (Lipinski definition) is 0. The SMILES string of the molecule is [Li+].[O-]CC(Cl)(Cl)Cl. The van der Waals surface area contributed by atoms with E-state index in [2.05, 4.69) is 0 Å². The Bertz CT molecular complexity index is 42.7. The molecule has 0 aliphatic carbocycles. The van der Waals surface area contributed by atoms with Gasteiger partial charge >= 0.3 is 18.9 Å². The van der Waals surface area contributed by atoms with Gasteiger partial charge in [-0.15, -0.1) is 0 Å². The number of halogens is 3. The molecule has 0 bridgehead atoms. The van der Waals surface area contributed by atoms with Crippen LogP contribution in [0.25, 0.3) is 0 Å². The van der Waals surface area contributed by atoms with Crippen LogP contribution in [0.15, 0.2) is 0 Å². The van der Waals surface area contributed by atoms with Gasteiger partial charge in [-0.3, -0.25) is 0 Å². The van der Waals surface area contributed by atoms with E-state index in [9.17, 15) is 5.11 Å². The Balaban J connectivity index is 0. The fourth-order valence-corrected chi connectivity index (χ4v) is 0. The van der Waals surface area contributed by atoms with Gasteiger partial charge in [0.05, 0.1) is 0 Å². The number of alkyl halides is 3. The van der Waals surface area contributed by atoms with Crippen molar-refractivity contribution in [2.24, 2.45) is 0 Å². The molecule has 0 aromatic carbocycles. The molecule has 0 atom stereocenters. The van der Waals surface area contributed by atoms with Crippen LogP contribution in [-0.2, 0) is 0 Å². The molecule has 1 nitrogen and oxygen atoms in total. The third-order valence-electron chi connectivity index (χ3n) is 0.164. The van der Waals surface area contributed by atoms with Crippen LogP contribution >= 0.6 is 34.8 Å². The van der Waals surface area contributed by atoms with Crippen molar-refractivity contribution in [2.45, 2.75) is 3.79 Å². The minimum Gasteiger partial charge on any atom is -0.851 e. The summed E-state index contributed by atoms with van der Waals surface area (Å²) in [6.45, 7) is -0.683. The summed E-state index contributed by atoms with van der Waals surface area (Å²) < 4.78 is -1.60. The molecule has 0 aromatic rings. The van der Waals surface area contributed by atoms with E-state index in [-0.39, 0.29) is 18.9 Å². The topological polar surface area (TPSA) is 23.1 Å². The van der Waals surface area contributed by atoms with E-state index in [4.69, 9.17) is 34.8 Å². The molecule has 0 saturated heterocycles. The van der Waals surface area contributed by atoms with Crippen molar-refractivity contribution in [1.29, 1.82) is 0 Å². The Morgan fingerprint density at radius 1 is 1.29 bits per heavy atom. The normalized spacial score (nSPS) is 10.3. The monoisotopic (exact) mass is 154 g/mol. The van der Waals surface area contributed by atoms with Gasteiger partial charge in [0.25, 0.3) is 0 Å². The first-order chi connectivity index (χ1) is 2.56. The molecule has 7 heavy (non-hydrogen) atoms. The van der Waals surface area contributed by atoms with E-state index in [1.54, 1.807) is 0 Å². The van der Waals surface area contributed by atoms with Gasteiger partial charge in [-0.1, -0.05) is 41.4 Å². The van der Waals surface area contributed by atoms with Crippen LogP contribution in [0, 0.1) is 0 Å². The molecular formula is C2H2Cl3LiO. The van der Waals surface area contributed by atoms with Gasteiger partial charge in [-0.25, -0.2) is 0 Å². The third-order valence-corrected chi connectivity index (χ3v) is 0.491. The Morgan fingerprint density at radius 2 is 1.43 bits per heavy atom. The van der Waals surface area contributed by atoms with Gasteiger partial charge in [0.15, 0.2) is 3.79 Å². The van der Waals surface area contributed by atoms with Crippen LogP contribution in [0.2, 0.25) is 0 Å². The summed E-state index contributed by atoms with van der Waals surface area (Å²) in [5.74, 6) is 0. The van der Waals surface area contributed by atoms with Crippen molar-refractivity contribution >= 4 is 34.8 Å². The minimum absolute atomic E-state index is 0. The smallest absolute Gasteiger partial charge is 0.851 e. The Labute approximate surface area is 69.1 Å². The molecule has 0 spiro atoms. The first kappa shape index (κ1) is 11.3. The quantitative estimate of drug-likeness (QED) is 0.286. The van der Waals surface area contributed by atoms with E-state index in [0.717, 1.165) is 0 Å². The molecule has 0 saturated carbocycles. The fraction of sp³-hybridized carbons (Fsp3) is 1.00. The standard InChI is InChI=1S/C2H2Cl3O.Li/c3-2(4,5)1-6;/h1H2;/q-1;+1. The molecule has 0 radical (unpaired) electrons. The minimum atomic E-state index is -1.60. The van der Waals surface area contributed by atoms with Crippen molar-refractivity contribution in [3.8, 4) is 0 Å². The molecule has 0 aliphatic rings. The predicted octanol–water partition coefficient (Wildman–Crippen LogP) is -2.28. The van der Waals surface area contributed by atoms with Gasteiger partial charge in [-0.2, -0.15) is 0 Å². The van der Waals surface area contributed by atoms with E-state index in [1.165, 1.54) is 0 Å². The summed E-state index contributed by atoms with van der Waals surface area (Å²) in [7, 11) is 0. The molecule has 0 aliphatic heterocycles. The van der Waals surface area contributed by atoms with Gasteiger partial charge in [-0.05, 0) is 0 Å². The fourth-order valence-electron chi connectivity index (χ4n) is 0. The van der Waals surface area contributed by atoms with Crippen molar-refractivity contribution in [3.05, 3.63) is 0 Å². The zero-order chi connectivity index (χ0) is 5.21. The molecule has 0 aromatic heterocycles. The molecule has 0 unspecified atom stereocenters. The molecule has 5 heteroatoms. The molecule has 0 fully saturated rings. The van der Waals surface area contributed by atoms with Crippen molar-refractivity contribution in [1.82, 2.24) is 0 Å². The Hall–Kier alpha value is 1.43. The third kappa shape index (κ3) is 11.2. The number of rotatable bonds is 0. The second kappa shape index (κ2) is 4.32. The van der Waals surface area contributed by atoms with E-state index in [0.29, 0.717) is 0 Å². The van der Waals surface area contributed by atoms with Crippen LogP contribution in [0.5, 0.6) is 0 Å². The van der Waals surface area contributed by atoms with Crippen LogP contribution in [-0.4, -0.2) is 10.4 Å². The largest absolute Gasteiger partial charge is 1.00 e. The van der Waals surface area contributed by atoms with E-state index < -0.39 is 10.4 Å². The summed E-state index contributed by atoms with van der Waals surface area (Å²) in [6.07, 6.45) is 0. The summed E-state index contributed by atoms with van der Waals surface area (Å²) in [5.41, 5.74) is 0. The molecule has 0 heterocycles. The Kier molecular flexibility index (Phi) is 6.95. The Morgan fingerprint density at radius 3 is 1.43 bits per heavy atom. The zero-order valence-electron chi connectivity index (χ0n) is 3.75. The second-order valence-corrected chi connectivity index (χ2v) is 3.28. The summed E-state index contributed by atoms with van der Waals surface area (Å²) in [6, 6.07) is 0. The number of hydrogen-bond acceptors (Lipinski definition) is 1. The van der Waals surface area contributed by atoms with Crippen molar-refractivity contribution in [2.75, 3.05) is 6.61 Å². The molecule has 0 amide bonds. The van der Waals surface area contributed by atoms with Gasteiger partial charge < -0.3 is 5.11 Å². The summed E-state index contributed by atoms with van der Waals surface area (Å²) in [5, 5.41) is 9.56. The van der Waals surface area contributed by atoms with Crippen molar-refractivity contribution in [3.63, 3.8) is 0 Å². The molecule has 0 N–H and O–H groups in total. The van der Waals surface area contributed by atoms with Gasteiger partial charge in [0.1, 0.15) is 0 Å². The van der Waals surface area contributed by atoms with E-state index >= 15 is 0 Å². The first-order valence-electron chi connectivity index (χ1n) is 1.21. The average molecular weight is 155 g/mol. The predicted molar refractivity (Wildman–Crippen MR) is 25.2 cm³/mol. The zero-order valence-corrected chi connectivity index (χ0v) is 6.02. The average Bonchev–Trinajstić information content (AvgIpc) is 1.35. The maximum atomic E-state index is 9.56. The van der Waals surface area contributed by atoms with Crippen LogP contribution < -0.4 is 24.0 Å². The summed E-state index contributed by atoms with van der Waals surface area (Å²) in [4.78, 5) is 0. The molecule has 38 valence electrons. The maximum Gasteiger partial charge on any atom is 1.00 e. The van der Waals surface area contributed by atoms with Gasteiger partial charge in [0.2, 0.25) is 0 Å². The van der Waals surface area contributed by atoms with Crippen LogP contribution in [0.3, 0.4) is 0 Å². The van der Waals surface area contributed by atoms with Gasteiger partial charge in [0, 0.05) is 0 Å². The van der Waals surface area contributed by atoms with Crippen LogP contribution in [0.4, 0.5) is 0 Å². The maximum absolute atomic E-state index is 9.56. The van der Waals surface area contributed by atoms with Crippen molar-refractivity contribution < 1.29 is 24.0 Å². The van der Waals surface area contributed by atoms with E-state index in [1.807, 2.05) is 0 Å². The first-order valence-corrected chi connectivity index (χ1v) is 2.34. The summed E-state index contributed by atoms with van der Waals surface area (Å²) >= 11 is 14.8. The van der Waals surface area contributed by atoms with Crippen LogP contribution in [0.1, 0.15) is 0 Å².